The summed E-state index contributed by atoms with van der Waals surface area (Å²) in [5.41, 5.74) is -0.450. The van der Waals surface area contributed by atoms with E-state index in [2.05, 4.69) is 5.32 Å². The number of carbonyl (C=O) groups excluding carboxylic acids is 1. The second kappa shape index (κ2) is 8.15. The van der Waals surface area contributed by atoms with Gasteiger partial charge in [-0.05, 0) is 35.4 Å². The maximum Gasteiger partial charge on any atom is 0.416 e. The van der Waals surface area contributed by atoms with Gasteiger partial charge in [-0.1, -0.05) is 18.2 Å². The van der Waals surface area contributed by atoms with Crippen LogP contribution >= 0.6 is 0 Å². The van der Waals surface area contributed by atoms with Gasteiger partial charge in [-0.15, -0.1) is 0 Å². The number of hydrogen-bond donors (Lipinski definition) is 2. The number of amides is 1. The van der Waals surface area contributed by atoms with E-state index in [1.54, 1.807) is 0 Å². The van der Waals surface area contributed by atoms with Crippen molar-refractivity contribution in [2.75, 3.05) is 0 Å². The minimum Gasteiger partial charge on any atom is -0.480 e. The zero-order valence-corrected chi connectivity index (χ0v) is 13.7. The Balaban J connectivity index is 2.03. The molecule has 2 aromatic rings. The molecule has 0 fully saturated rings. The molecule has 9 heteroatoms. The first-order valence-corrected chi connectivity index (χ1v) is 7.68. The first kappa shape index (κ1) is 20.3. The van der Waals surface area contributed by atoms with Crippen LogP contribution in [0.2, 0.25) is 0 Å². The molecule has 0 heterocycles. The molecule has 2 aromatic carbocycles. The molecule has 0 saturated carbocycles. The Kier molecular flexibility index (Phi) is 6.14. The molecule has 1 amide bonds. The number of nitrogens with one attached hydrogen (secondary N) is 1. The largest absolute Gasteiger partial charge is 0.480 e. The van der Waals surface area contributed by atoms with Gasteiger partial charge in [0.05, 0.1) is 12.0 Å². The number of carboxylic acids is 1. The summed E-state index contributed by atoms with van der Waals surface area (Å²) < 4.78 is 63.6. The van der Waals surface area contributed by atoms with Crippen LogP contribution in [0.1, 0.15) is 16.7 Å². The van der Waals surface area contributed by atoms with E-state index in [-0.39, 0.29) is 24.0 Å². The highest BCUT2D eigenvalue weighted by Gasteiger charge is 2.30. The highest BCUT2D eigenvalue weighted by molar-refractivity contribution is 5.85. The Bertz CT molecular complexity index is 834. The lowest BCUT2D eigenvalue weighted by atomic mass is 10.0. The smallest absolute Gasteiger partial charge is 0.416 e. The molecule has 27 heavy (non-hydrogen) atoms. The van der Waals surface area contributed by atoms with Crippen LogP contribution in [0.25, 0.3) is 0 Å². The van der Waals surface area contributed by atoms with Crippen LogP contribution in [0, 0.1) is 11.6 Å². The number of aliphatic carboxylic acids is 1. The molecule has 1 atom stereocenters. The van der Waals surface area contributed by atoms with Crippen LogP contribution in [0.5, 0.6) is 0 Å². The van der Waals surface area contributed by atoms with Gasteiger partial charge < -0.3 is 10.4 Å². The fourth-order valence-electron chi connectivity index (χ4n) is 2.35. The average Bonchev–Trinajstić information content (AvgIpc) is 2.57. The second-order valence-corrected chi connectivity index (χ2v) is 5.78. The van der Waals surface area contributed by atoms with Gasteiger partial charge in [0.2, 0.25) is 5.91 Å². The van der Waals surface area contributed by atoms with Gasteiger partial charge in [-0.25, -0.2) is 13.6 Å². The van der Waals surface area contributed by atoms with Gasteiger partial charge >= 0.3 is 12.1 Å². The molecule has 0 aromatic heterocycles. The molecule has 2 rings (SSSR count). The molecule has 0 bridgehead atoms. The van der Waals surface area contributed by atoms with Gasteiger partial charge in [0, 0.05) is 6.42 Å². The second-order valence-electron chi connectivity index (χ2n) is 5.78. The average molecular weight is 387 g/mol. The Hall–Kier alpha value is -2.97. The van der Waals surface area contributed by atoms with E-state index in [9.17, 15) is 36.6 Å². The van der Waals surface area contributed by atoms with Gasteiger partial charge in [0.15, 0.2) is 11.6 Å². The molecule has 0 spiro atoms. The summed E-state index contributed by atoms with van der Waals surface area (Å²) in [5, 5.41) is 11.4. The van der Waals surface area contributed by atoms with E-state index in [4.69, 9.17) is 0 Å². The maximum atomic E-state index is 13.1. The van der Waals surface area contributed by atoms with E-state index in [1.165, 1.54) is 6.07 Å². The Morgan fingerprint density at radius 2 is 1.56 bits per heavy atom. The van der Waals surface area contributed by atoms with Crippen LogP contribution in [0.3, 0.4) is 0 Å². The third kappa shape index (κ3) is 5.77. The number of alkyl halides is 3. The summed E-state index contributed by atoms with van der Waals surface area (Å²) in [6.45, 7) is 0. The maximum absolute atomic E-state index is 13.1. The lowest BCUT2D eigenvalue weighted by Gasteiger charge is -2.15. The summed E-state index contributed by atoms with van der Waals surface area (Å²) in [7, 11) is 0. The molecule has 0 aliphatic carbocycles. The monoisotopic (exact) mass is 387 g/mol. The number of carboxylic acid groups (broad SMARTS) is 1. The van der Waals surface area contributed by atoms with Crippen molar-refractivity contribution in [2.24, 2.45) is 0 Å². The van der Waals surface area contributed by atoms with Crippen molar-refractivity contribution in [3.05, 3.63) is 70.8 Å². The molecule has 4 nitrogen and oxygen atoms in total. The molecular weight excluding hydrogens is 373 g/mol. The van der Waals surface area contributed by atoms with Crippen molar-refractivity contribution in [1.29, 1.82) is 0 Å². The van der Waals surface area contributed by atoms with Gasteiger partial charge in [0.1, 0.15) is 6.04 Å². The fourth-order valence-corrected chi connectivity index (χ4v) is 2.35. The Morgan fingerprint density at radius 3 is 2.07 bits per heavy atom. The van der Waals surface area contributed by atoms with Gasteiger partial charge in [-0.2, -0.15) is 13.2 Å². The van der Waals surface area contributed by atoms with E-state index < -0.39 is 41.3 Å². The third-order valence-corrected chi connectivity index (χ3v) is 3.70. The summed E-state index contributed by atoms with van der Waals surface area (Å²) in [4.78, 5) is 23.3. The zero-order valence-electron chi connectivity index (χ0n) is 13.7. The number of benzene rings is 2. The molecule has 0 unspecified atom stereocenters. The van der Waals surface area contributed by atoms with Crippen molar-refractivity contribution in [3.8, 4) is 0 Å². The third-order valence-electron chi connectivity index (χ3n) is 3.70. The van der Waals surface area contributed by atoms with E-state index in [0.717, 1.165) is 36.4 Å². The fraction of sp³-hybridized carbons (Fsp3) is 0.222. The van der Waals surface area contributed by atoms with E-state index in [1.807, 2.05) is 0 Å². The standard InChI is InChI=1S/C18H14F5NO3/c19-13-6-3-11(7-14(13)20)9-16(25)24-15(17(26)27)8-10-1-4-12(5-2-10)18(21,22)23/h1-7,15H,8-9H2,(H,24,25)(H,26,27)/t15-/m0/s1. The minimum atomic E-state index is -4.51. The SMILES string of the molecule is O=C(Cc1ccc(F)c(F)c1)N[C@@H](Cc1ccc(C(F)(F)F)cc1)C(=O)O. The summed E-state index contributed by atoms with van der Waals surface area (Å²) in [6, 6.07) is 5.34. The van der Waals surface area contributed by atoms with Crippen molar-refractivity contribution in [1.82, 2.24) is 5.32 Å². The highest BCUT2D eigenvalue weighted by Crippen LogP contribution is 2.29. The van der Waals surface area contributed by atoms with Crippen LogP contribution in [0.4, 0.5) is 22.0 Å². The first-order chi connectivity index (χ1) is 12.6. The number of hydrogen-bond acceptors (Lipinski definition) is 2. The highest BCUT2D eigenvalue weighted by atomic mass is 19.4. The van der Waals surface area contributed by atoms with Crippen molar-refractivity contribution >= 4 is 11.9 Å². The van der Waals surface area contributed by atoms with Crippen LogP contribution in [-0.4, -0.2) is 23.0 Å². The quantitative estimate of drug-likeness (QED) is 0.748. The molecule has 0 aliphatic heterocycles. The normalized spacial score (nSPS) is 12.5. The molecule has 0 saturated heterocycles. The van der Waals surface area contributed by atoms with Gasteiger partial charge in [-0.3, -0.25) is 4.79 Å². The van der Waals surface area contributed by atoms with Crippen LogP contribution < -0.4 is 5.32 Å². The predicted octanol–water partition coefficient (Wildman–Crippen LogP) is 3.34. The lowest BCUT2D eigenvalue weighted by Crippen LogP contribution is -2.43. The Morgan fingerprint density at radius 1 is 0.963 bits per heavy atom. The number of carbonyl (C=O) groups is 2. The molecular formula is C18H14F5NO3. The van der Waals surface area contributed by atoms with E-state index in [0.29, 0.717) is 0 Å². The zero-order chi connectivity index (χ0) is 20.2. The molecule has 0 radical (unpaired) electrons. The van der Waals surface area contributed by atoms with Crippen molar-refractivity contribution < 1.29 is 36.6 Å². The summed E-state index contributed by atoms with van der Waals surface area (Å²) in [6.07, 6.45) is -5.13. The van der Waals surface area contributed by atoms with Crippen molar-refractivity contribution in [3.63, 3.8) is 0 Å². The summed E-state index contributed by atoms with van der Waals surface area (Å²) in [5.74, 6) is -4.35. The Labute approximate surface area is 150 Å². The van der Waals surface area contributed by atoms with Crippen LogP contribution in [0.15, 0.2) is 42.5 Å². The number of halogens is 5. The lowest BCUT2D eigenvalue weighted by molar-refractivity contribution is -0.141. The van der Waals surface area contributed by atoms with E-state index >= 15 is 0 Å². The van der Waals surface area contributed by atoms with Gasteiger partial charge in [0.25, 0.3) is 0 Å². The predicted molar refractivity (Wildman–Crippen MR) is 84.8 cm³/mol. The van der Waals surface area contributed by atoms with Crippen molar-refractivity contribution in [2.45, 2.75) is 25.1 Å². The molecule has 0 aliphatic rings. The molecule has 144 valence electrons. The number of rotatable bonds is 6. The van der Waals surface area contributed by atoms with Crippen LogP contribution in [-0.2, 0) is 28.6 Å². The topological polar surface area (TPSA) is 66.4 Å². The molecule has 2 N–H and O–H groups in total. The first-order valence-electron chi connectivity index (χ1n) is 7.68. The summed E-state index contributed by atoms with van der Waals surface area (Å²) >= 11 is 0. The minimum absolute atomic E-state index is 0.144.